The maximum atomic E-state index is 12.9. The van der Waals surface area contributed by atoms with Crippen molar-refractivity contribution in [1.82, 2.24) is 0 Å². The summed E-state index contributed by atoms with van der Waals surface area (Å²) in [6.07, 6.45) is 0.554. The molecule has 11 heteroatoms. The van der Waals surface area contributed by atoms with Crippen LogP contribution in [-0.2, 0) is 29.4 Å². The summed E-state index contributed by atoms with van der Waals surface area (Å²) in [6, 6.07) is 19.8. The van der Waals surface area contributed by atoms with Gasteiger partial charge in [0.05, 0.1) is 10.5 Å². The fraction of sp³-hybridized carbons (Fsp3) is 0.188. The molecule has 0 saturated carbocycles. The van der Waals surface area contributed by atoms with Crippen molar-refractivity contribution in [2.75, 3.05) is 0 Å². The first-order valence-corrected chi connectivity index (χ1v) is 13.1. The van der Waals surface area contributed by atoms with E-state index < -0.39 is 33.7 Å². The van der Waals surface area contributed by atoms with Gasteiger partial charge < -0.3 is 14.7 Å². The van der Waals surface area contributed by atoms with Crippen molar-refractivity contribution < 1.29 is 44.3 Å². The zero-order valence-corrected chi connectivity index (χ0v) is 23.7. The molecule has 0 aliphatic heterocycles. The zero-order chi connectivity index (χ0) is 31.1. The van der Waals surface area contributed by atoms with Gasteiger partial charge in [0, 0.05) is 6.07 Å². The second kappa shape index (κ2) is 13.7. The van der Waals surface area contributed by atoms with E-state index in [0.717, 1.165) is 45.5 Å². The van der Waals surface area contributed by atoms with Crippen LogP contribution >= 0.6 is 0 Å². The molecule has 0 aliphatic rings. The predicted molar refractivity (Wildman–Crippen MR) is 154 cm³/mol. The molecule has 0 saturated heterocycles. The molecule has 43 heavy (non-hydrogen) atoms. The summed E-state index contributed by atoms with van der Waals surface area (Å²) in [5.41, 5.74) is 4.19. The largest absolute Gasteiger partial charge is 0.478 e. The van der Waals surface area contributed by atoms with Crippen LogP contribution < -0.4 is 9.62 Å². The molecule has 222 valence electrons. The molecule has 0 bridgehead atoms. The Bertz CT molecular complexity index is 1650. The number of hydrogen-bond donors (Lipinski definition) is 2. The lowest BCUT2D eigenvalue weighted by molar-refractivity contribution is -0.385. The van der Waals surface area contributed by atoms with Gasteiger partial charge in [-0.25, -0.2) is 14.5 Å². The molecule has 0 radical (unpaired) electrons. The fourth-order valence-corrected chi connectivity index (χ4v) is 4.65. The molecule has 0 unspecified atom stereocenters. The molecule has 11 nitrogen and oxygen atoms in total. The van der Waals surface area contributed by atoms with Crippen LogP contribution in [0.2, 0.25) is 0 Å². The number of hydrogen-bond acceptors (Lipinski definition) is 9. The van der Waals surface area contributed by atoms with Gasteiger partial charge in [0.1, 0.15) is 19.0 Å². The quantitative estimate of drug-likeness (QED) is 0.0614. The zero-order valence-electron chi connectivity index (χ0n) is 23.7. The molecular formula is C32H29NO10. The Kier molecular flexibility index (Phi) is 9.83. The van der Waals surface area contributed by atoms with Gasteiger partial charge in [-0.3, -0.25) is 15.4 Å². The number of esters is 1. The number of carboxylic acids is 1. The van der Waals surface area contributed by atoms with Gasteiger partial charge in [0.2, 0.25) is 0 Å². The molecule has 0 atom stereocenters. The molecule has 4 rings (SSSR count). The van der Waals surface area contributed by atoms with E-state index in [1.165, 1.54) is 6.07 Å². The van der Waals surface area contributed by atoms with E-state index in [0.29, 0.717) is 17.7 Å². The minimum Gasteiger partial charge on any atom is -0.478 e. The minimum absolute atomic E-state index is 0.0399. The van der Waals surface area contributed by atoms with Gasteiger partial charge in [0.15, 0.2) is 11.3 Å². The first kappa shape index (κ1) is 30.8. The Labute approximate surface area is 246 Å². The van der Waals surface area contributed by atoms with Crippen LogP contribution in [0.25, 0.3) is 0 Å². The van der Waals surface area contributed by atoms with Crippen molar-refractivity contribution in [2.45, 2.75) is 40.4 Å². The van der Waals surface area contributed by atoms with Crippen LogP contribution in [0.4, 0.5) is 5.69 Å². The number of carbonyl (C=O) groups excluding carboxylic acids is 1. The highest BCUT2D eigenvalue weighted by atomic mass is 17.2. The summed E-state index contributed by atoms with van der Waals surface area (Å²) in [4.78, 5) is 50.4. The van der Waals surface area contributed by atoms with E-state index in [1.54, 1.807) is 25.1 Å². The van der Waals surface area contributed by atoms with Crippen molar-refractivity contribution in [1.29, 1.82) is 0 Å². The third kappa shape index (κ3) is 7.41. The number of aromatic carboxylic acids is 1. The van der Waals surface area contributed by atoms with Crippen LogP contribution in [-0.4, -0.2) is 27.2 Å². The lowest BCUT2D eigenvalue weighted by Gasteiger charge is -2.13. The SMILES string of the molecule is Cc1cc(Cc2ccc(OC(=O)c3c(C(=O)O)cccc3[N+](=O)[O-])c(C)c2)ccc1OOCc1c(C)cccc1COO. The van der Waals surface area contributed by atoms with Crippen molar-refractivity contribution in [3.8, 4) is 11.5 Å². The first-order chi connectivity index (χ1) is 20.6. The minimum atomic E-state index is -1.48. The molecule has 0 heterocycles. The number of ether oxygens (including phenoxy) is 1. The Morgan fingerprint density at radius 1 is 0.837 bits per heavy atom. The molecule has 0 fully saturated rings. The number of nitrogens with zero attached hydrogens (tertiary/aromatic N) is 1. The van der Waals surface area contributed by atoms with Crippen LogP contribution in [0.15, 0.2) is 72.8 Å². The highest BCUT2D eigenvalue weighted by molar-refractivity contribution is 6.06. The van der Waals surface area contributed by atoms with Crippen molar-refractivity contribution in [3.63, 3.8) is 0 Å². The maximum Gasteiger partial charge on any atom is 0.351 e. The standard InChI is InChI=1S/C32H29NO10/c1-19-6-4-7-24(17-40-39)26(19)18-41-43-29-13-11-23(15-21(29)3)16-22-10-12-28(20(2)14-22)42-32(36)30-25(31(34)35)8-5-9-27(30)33(37)38/h4-15,39H,16-18H2,1-3H3,(H,34,35). The third-order valence-corrected chi connectivity index (χ3v) is 6.84. The summed E-state index contributed by atoms with van der Waals surface area (Å²) in [5, 5.41) is 29.7. The van der Waals surface area contributed by atoms with Gasteiger partial charge in [-0.2, -0.15) is 4.89 Å². The van der Waals surface area contributed by atoms with Crippen LogP contribution in [0.1, 0.15) is 59.7 Å². The van der Waals surface area contributed by atoms with Gasteiger partial charge >= 0.3 is 11.9 Å². The molecular weight excluding hydrogens is 558 g/mol. The molecule has 0 spiro atoms. The molecule has 4 aromatic carbocycles. The van der Waals surface area contributed by atoms with Crippen molar-refractivity contribution >= 4 is 17.6 Å². The van der Waals surface area contributed by atoms with Gasteiger partial charge in [0.25, 0.3) is 5.69 Å². The summed E-state index contributed by atoms with van der Waals surface area (Å²) in [5.74, 6) is -1.90. The summed E-state index contributed by atoms with van der Waals surface area (Å²) in [6.45, 7) is 5.75. The second-order valence-electron chi connectivity index (χ2n) is 9.86. The van der Waals surface area contributed by atoms with E-state index in [9.17, 15) is 24.8 Å². The number of carbonyl (C=O) groups is 2. The van der Waals surface area contributed by atoms with Crippen molar-refractivity contribution in [3.05, 3.63) is 133 Å². The predicted octanol–water partition coefficient (Wildman–Crippen LogP) is 6.53. The van der Waals surface area contributed by atoms with Crippen LogP contribution in [0.5, 0.6) is 11.5 Å². The van der Waals surface area contributed by atoms with E-state index >= 15 is 0 Å². The lowest BCUT2D eigenvalue weighted by Crippen LogP contribution is -2.17. The van der Waals surface area contributed by atoms with Gasteiger partial charge in [-0.1, -0.05) is 48.5 Å². The van der Waals surface area contributed by atoms with E-state index in [4.69, 9.17) is 19.8 Å². The third-order valence-electron chi connectivity index (χ3n) is 6.84. The monoisotopic (exact) mass is 587 g/mol. The molecule has 0 amide bonds. The number of benzene rings is 4. The molecule has 4 aromatic rings. The average molecular weight is 588 g/mol. The Morgan fingerprint density at radius 3 is 2.09 bits per heavy atom. The summed E-state index contributed by atoms with van der Waals surface area (Å²) >= 11 is 0. The van der Waals surface area contributed by atoms with Gasteiger partial charge in [-0.05, 0) is 84.3 Å². The van der Waals surface area contributed by atoms with E-state index in [2.05, 4.69) is 4.89 Å². The first-order valence-electron chi connectivity index (χ1n) is 13.1. The smallest absolute Gasteiger partial charge is 0.351 e. The number of carboxylic acid groups (broad SMARTS) is 1. The summed E-state index contributed by atoms with van der Waals surface area (Å²) < 4.78 is 5.39. The fourth-order valence-electron chi connectivity index (χ4n) is 4.65. The summed E-state index contributed by atoms with van der Waals surface area (Å²) in [7, 11) is 0. The highest BCUT2D eigenvalue weighted by Gasteiger charge is 2.29. The molecule has 0 aromatic heterocycles. The van der Waals surface area contributed by atoms with E-state index in [1.807, 2.05) is 50.2 Å². The second-order valence-corrected chi connectivity index (χ2v) is 9.86. The highest BCUT2D eigenvalue weighted by Crippen LogP contribution is 2.28. The van der Waals surface area contributed by atoms with Crippen LogP contribution in [0.3, 0.4) is 0 Å². The topological polar surface area (TPSA) is 155 Å². The lowest BCUT2D eigenvalue weighted by atomic mass is 10.0. The molecule has 0 aliphatic carbocycles. The van der Waals surface area contributed by atoms with Gasteiger partial charge in [-0.15, -0.1) is 0 Å². The number of nitro benzene ring substituents is 1. The van der Waals surface area contributed by atoms with E-state index in [-0.39, 0.29) is 19.0 Å². The Hall–Kier alpha value is -5.10. The normalized spacial score (nSPS) is 10.8. The number of rotatable bonds is 12. The average Bonchev–Trinajstić information content (AvgIpc) is 2.96. The molecule has 2 N–H and O–H groups in total. The van der Waals surface area contributed by atoms with Crippen LogP contribution in [0, 0.1) is 30.9 Å². The Balaban J connectivity index is 1.42. The number of nitro groups is 1. The van der Waals surface area contributed by atoms with Crippen molar-refractivity contribution in [2.24, 2.45) is 0 Å². The maximum absolute atomic E-state index is 12.9. The Morgan fingerprint density at radius 2 is 1.49 bits per heavy atom. The number of aryl methyl sites for hydroxylation is 3.